The number of ether oxygens (including phenoxy) is 1. The standard InChI is InChI=1S/C28H37Cl2NO2/c1-16(2)21-14-22(17(3)4)25(23(15-21)18(5)6)19(7)33-26-24(31-27(32)28(26,29)30)13-20-11-9-8-10-12-20/h8-12,14-19,24,26H,13H2,1-7H3,(H,31,32)/t19-,24+,26-/m1/s1. The Kier molecular flexibility index (Phi) is 8.19. The third-order valence-electron chi connectivity index (χ3n) is 6.57. The van der Waals surface area contributed by atoms with Crippen LogP contribution in [0.2, 0.25) is 0 Å². The van der Waals surface area contributed by atoms with Gasteiger partial charge in [-0.2, -0.15) is 0 Å². The van der Waals surface area contributed by atoms with E-state index in [1.54, 1.807) is 0 Å². The van der Waals surface area contributed by atoms with Crippen LogP contribution in [0.3, 0.4) is 0 Å². The maximum absolute atomic E-state index is 12.6. The molecule has 180 valence electrons. The van der Waals surface area contributed by atoms with Gasteiger partial charge in [0.25, 0.3) is 5.91 Å². The molecular formula is C28H37Cl2NO2. The zero-order valence-electron chi connectivity index (χ0n) is 20.8. The van der Waals surface area contributed by atoms with Crippen molar-refractivity contribution >= 4 is 29.1 Å². The van der Waals surface area contributed by atoms with E-state index in [4.69, 9.17) is 27.9 Å². The molecule has 33 heavy (non-hydrogen) atoms. The summed E-state index contributed by atoms with van der Waals surface area (Å²) >= 11 is 13.2. The number of carbonyl (C=O) groups is 1. The monoisotopic (exact) mass is 489 g/mol. The quantitative estimate of drug-likeness (QED) is 0.391. The van der Waals surface area contributed by atoms with E-state index in [1.165, 1.54) is 22.3 Å². The molecule has 2 aromatic rings. The van der Waals surface area contributed by atoms with Gasteiger partial charge in [0, 0.05) is 0 Å². The minimum atomic E-state index is -1.64. The van der Waals surface area contributed by atoms with Crippen LogP contribution >= 0.6 is 23.2 Å². The van der Waals surface area contributed by atoms with Gasteiger partial charge in [-0.3, -0.25) is 4.79 Å². The molecule has 2 aromatic carbocycles. The fourth-order valence-electron chi connectivity index (χ4n) is 4.70. The summed E-state index contributed by atoms with van der Waals surface area (Å²) < 4.78 is 4.97. The summed E-state index contributed by atoms with van der Waals surface area (Å²) in [6.45, 7) is 15.4. The molecule has 1 heterocycles. The molecule has 0 bridgehead atoms. The Balaban J connectivity index is 2.00. The Hall–Kier alpha value is -1.55. The molecule has 1 saturated heterocycles. The molecule has 0 aliphatic carbocycles. The van der Waals surface area contributed by atoms with Gasteiger partial charge >= 0.3 is 0 Å². The van der Waals surface area contributed by atoms with Crippen LogP contribution in [-0.4, -0.2) is 22.4 Å². The second kappa shape index (κ2) is 10.4. The van der Waals surface area contributed by atoms with Gasteiger partial charge in [-0.15, -0.1) is 0 Å². The van der Waals surface area contributed by atoms with Crippen molar-refractivity contribution < 1.29 is 9.53 Å². The van der Waals surface area contributed by atoms with E-state index in [1.807, 2.05) is 37.3 Å². The lowest BCUT2D eigenvalue weighted by atomic mass is 9.82. The lowest BCUT2D eigenvalue weighted by Gasteiger charge is -2.32. The Morgan fingerprint density at radius 3 is 1.94 bits per heavy atom. The molecule has 3 nitrogen and oxygen atoms in total. The van der Waals surface area contributed by atoms with Gasteiger partial charge in [0.1, 0.15) is 6.10 Å². The van der Waals surface area contributed by atoms with Crippen LogP contribution in [0.15, 0.2) is 42.5 Å². The number of nitrogens with one attached hydrogen (secondary N) is 1. The summed E-state index contributed by atoms with van der Waals surface area (Å²) in [5, 5.41) is 2.97. The van der Waals surface area contributed by atoms with E-state index < -0.39 is 16.3 Å². The maximum atomic E-state index is 12.6. The molecule has 0 unspecified atom stereocenters. The zero-order valence-corrected chi connectivity index (χ0v) is 22.3. The first-order valence-corrected chi connectivity index (χ1v) is 12.7. The van der Waals surface area contributed by atoms with Crippen molar-refractivity contribution in [2.45, 2.75) is 95.2 Å². The lowest BCUT2D eigenvalue weighted by Crippen LogP contribution is -2.40. The van der Waals surface area contributed by atoms with Crippen molar-refractivity contribution in [1.82, 2.24) is 5.32 Å². The second-order valence-electron chi connectivity index (χ2n) is 10.2. The summed E-state index contributed by atoms with van der Waals surface area (Å²) in [5.41, 5.74) is 6.18. The van der Waals surface area contributed by atoms with E-state index in [2.05, 4.69) is 59.0 Å². The Morgan fingerprint density at radius 1 is 0.909 bits per heavy atom. The van der Waals surface area contributed by atoms with Crippen molar-refractivity contribution in [2.24, 2.45) is 0 Å². The van der Waals surface area contributed by atoms with Crippen molar-refractivity contribution in [3.8, 4) is 0 Å². The first-order valence-electron chi connectivity index (χ1n) is 12.0. The number of alkyl halides is 2. The van der Waals surface area contributed by atoms with Crippen LogP contribution in [0.5, 0.6) is 0 Å². The highest BCUT2D eigenvalue weighted by atomic mass is 35.5. The molecule has 1 N–H and O–H groups in total. The third-order valence-corrected chi connectivity index (χ3v) is 7.35. The molecule has 0 aromatic heterocycles. The number of rotatable bonds is 8. The van der Waals surface area contributed by atoms with Crippen molar-refractivity contribution in [3.05, 3.63) is 70.3 Å². The number of hydrogen-bond donors (Lipinski definition) is 1. The normalized spacial score (nSPS) is 21.2. The minimum absolute atomic E-state index is 0.270. The van der Waals surface area contributed by atoms with Gasteiger partial charge in [0.05, 0.1) is 12.1 Å². The molecule has 0 spiro atoms. The SMILES string of the molecule is CC(C)c1cc(C(C)C)c([C@@H](C)O[C@@H]2[C@H](Cc3ccccc3)NC(=O)C2(Cl)Cl)c(C(C)C)c1. The van der Waals surface area contributed by atoms with Gasteiger partial charge in [-0.25, -0.2) is 0 Å². The van der Waals surface area contributed by atoms with Gasteiger partial charge in [0.2, 0.25) is 4.33 Å². The number of carbonyl (C=O) groups excluding carboxylic acids is 1. The molecule has 5 heteroatoms. The van der Waals surface area contributed by atoms with Gasteiger partial charge in [-0.1, -0.05) is 107 Å². The highest BCUT2D eigenvalue weighted by molar-refractivity contribution is 6.59. The first kappa shape index (κ1) is 26.1. The first-order chi connectivity index (χ1) is 15.4. The summed E-state index contributed by atoms with van der Waals surface area (Å²) in [4.78, 5) is 12.6. The molecule has 1 fully saturated rings. The number of benzene rings is 2. The van der Waals surface area contributed by atoms with E-state index in [-0.39, 0.29) is 12.1 Å². The predicted molar refractivity (Wildman–Crippen MR) is 139 cm³/mol. The predicted octanol–water partition coefficient (Wildman–Crippen LogP) is 7.42. The summed E-state index contributed by atoms with van der Waals surface area (Å²) in [6.07, 6.45) is -0.340. The Bertz CT molecular complexity index is 940. The van der Waals surface area contributed by atoms with E-state index in [0.29, 0.717) is 24.2 Å². The number of amides is 1. The molecule has 1 amide bonds. The number of halogens is 2. The van der Waals surface area contributed by atoms with Gasteiger partial charge in [-0.05, 0) is 58.9 Å². The fourth-order valence-corrected chi connectivity index (χ4v) is 5.21. The van der Waals surface area contributed by atoms with Crippen LogP contribution in [0.4, 0.5) is 0 Å². The zero-order chi connectivity index (χ0) is 24.5. The lowest BCUT2D eigenvalue weighted by molar-refractivity contribution is -0.120. The highest BCUT2D eigenvalue weighted by Crippen LogP contribution is 2.42. The van der Waals surface area contributed by atoms with Crippen LogP contribution in [-0.2, 0) is 16.0 Å². The third kappa shape index (κ3) is 5.58. The average molecular weight is 491 g/mol. The largest absolute Gasteiger partial charge is 0.365 e. The molecule has 0 radical (unpaired) electrons. The fraction of sp³-hybridized carbons (Fsp3) is 0.536. The molecule has 1 aliphatic heterocycles. The van der Waals surface area contributed by atoms with Crippen LogP contribution < -0.4 is 5.32 Å². The average Bonchev–Trinajstić information content (AvgIpc) is 2.95. The van der Waals surface area contributed by atoms with Crippen molar-refractivity contribution in [3.63, 3.8) is 0 Å². The van der Waals surface area contributed by atoms with Crippen LogP contribution in [0.25, 0.3) is 0 Å². The van der Waals surface area contributed by atoms with Crippen molar-refractivity contribution in [2.75, 3.05) is 0 Å². The van der Waals surface area contributed by atoms with Gasteiger partial charge < -0.3 is 10.1 Å². The van der Waals surface area contributed by atoms with E-state index >= 15 is 0 Å². The van der Waals surface area contributed by atoms with Crippen LogP contribution in [0, 0.1) is 0 Å². The Labute approximate surface area is 209 Å². The summed E-state index contributed by atoms with van der Waals surface area (Å²) in [6, 6.07) is 14.3. The van der Waals surface area contributed by atoms with Crippen molar-refractivity contribution in [1.29, 1.82) is 0 Å². The Morgan fingerprint density at radius 2 is 1.45 bits per heavy atom. The smallest absolute Gasteiger partial charge is 0.259 e. The summed E-state index contributed by atoms with van der Waals surface area (Å²) in [5.74, 6) is 0.715. The van der Waals surface area contributed by atoms with E-state index in [0.717, 1.165) is 5.56 Å². The molecule has 1 aliphatic rings. The molecule has 3 atom stereocenters. The number of hydrogen-bond acceptors (Lipinski definition) is 2. The van der Waals surface area contributed by atoms with E-state index in [9.17, 15) is 4.79 Å². The topological polar surface area (TPSA) is 38.3 Å². The molecule has 3 rings (SSSR count). The van der Waals surface area contributed by atoms with Gasteiger partial charge in [0.15, 0.2) is 0 Å². The minimum Gasteiger partial charge on any atom is -0.365 e. The maximum Gasteiger partial charge on any atom is 0.259 e. The highest BCUT2D eigenvalue weighted by Gasteiger charge is 2.54. The molecular weight excluding hydrogens is 453 g/mol. The summed E-state index contributed by atoms with van der Waals surface area (Å²) in [7, 11) is 0. The molecule has 0 saturated carbocycles. The second-order valence-corrected chi connectivity index (χ2v) is 11.6. The van der Waals surface area contributed by atoms with Crippen LogP contribution in [0.1, 0.15) is 100 Å².